The molecule has 2 aromatic heterocycles. The van der Waals surface area contributed by atoms with Crippen molar-refractivity contribution in [1.82, 2.24) is 14.9 Å². The van der Waals surface area contributed by atoms with E-state index in [1.165, 1.54) is 0 Å². The lowest BCUT2D eigenvalue weighted by atomic mass is 9.97. The zero-order valence-electron chi connectivity index (χ0n) is 22.7. The van der Waals surface area contributed by atoms with E-state index in [2.05, 4.69) is 9.97 Å². The zero-order valence-corrected chi connectivity index (χ0v) is 22.7. The van der Waals surface area contributed by atoms with Crippen LogP contribution in [0.1, 0.15) is 43.5 Å². The number of carbonyl (C=O) groups excluding carboxylic acids is 2. The number of nitrogens with two attached hydrogens (primary N) is 1. The Labute approximate surface area is 233 Å². The Balaban J connectivity index is 0.000000236. The predicted molar refractivity (Wildman–Crippen MR) is 153 cm³/mol. The normalized spacial score (nSPS) is 13.4. The number of piperidine rings is 1. The summed E-state index contributed by atoms with van der Waals surface area (Å²) in [7, 11) is 0. The number of nitrogens with zero attached hydrogens (tertiary/aromatic N) is 4. The molecule has 2 aromatic carbocycles. The molecule has 1 fully saturated rings. The standard InChI is InChI=1S/C21H25N3O3.C10H8N2O/c1-15(2)27-18-4-3-17-6-10-23-21(19(17)13-18)26-14-16-7-11-24(12-8-16)20(25)5-9-22;11-10(13)8-3-4-9-7(6-8)2-1-5-12-9/h3-4,6,10,13,15-16H,5,7-8,11-12,14H2,1-2H3;1-6H,(H2,11,13). The number of carbonyl (C=O) groups is 2. The Hall–Kier alpha value is -4.71. The summed E-state index contributed by atoms with van der Waals surface area (Å²) in [6.45, 7) is 5.94. The Bertz CT molecular complexity index is 1520. The van der Waals surface area contributed by atoms with Crippen molar-refractivity contribution < 1.29 is 19.1 Å². The molecular formula is C31H33N5O4. The number of ether oxygens (including phenoxy) is 2. The van der Waals surface area contributed by atoms with Gasteiger partial charge in [-0.2, -0.15) is 5.26 Å². The number of fused-ring (bicyclic) bond motifs is 2. The van der Waals surface area contributed by atoms with E-state index in [9.17, 15) is 9.59 Å². The van der Waals surface area contributed by atoms with Gasteiger partial charge in [-0.25, -0.2) is 4.98 Å². The summed E-state index contributed by atoms with van der Waals surface area (Å²) in [6, 6.07) is 18.8. The predicted octanol–water partition coefficient (Wildman–Crippen LogP) is 4.89. The van der Waals surface area contributed by atoms with Gasteiger partial charge in [0.25, 0.3) is 0 Å². The first-order chi connectivity index (χ1) is 19.3. The molecule has 1 aliphatic rings. The van der Waals surface area contributed by atoms with E-state index in [4.69, 9.17) is 20.5 Å². The molecule has 0 atom stereocenters. The molecule has 1 aliphatic heterocycles. The molecule has 2 amide bonds. The minimum atomic E-state index is -0.411. The van der Waals surface area contributed by atoms with Crippen LogP contribution in [0.5, 0.6) is 11.6 Å². The average Bonchev–Trinajstić information content (AvgIpc) is 2.96. The van der Waals surface area contributed by atoms with Crippen LogP contribution in [0.15, 0.2) is 67.0 Å². The van der Waals surface area contributed by atoms with Crippen LogP contribution in [-0.4, -0.2) is 52.5 Å². The number of benzene rings is 2. The van der Waals surface area contributed by atoms with Crippen molar-refractivity contribution in [3.05, 3.63) is 72.6 Å². The number of rotatable bonds is 7. The lowest BCUT2D eigenvalue weighted by molar-refractivity contribution is -0.131. The van der Waals surface area contributed by atoms with Crippen LogP contribution < -0.4 is 15.2 Å². The van der Waals surface area contributed by atoms with E-state index >= 15 is 0 Å². The number of hydrogen-bond donors (Lipinski definition) is 1. The molecule has 206 valence electrons. The van der Waals surface area contributed by atoms with Crippen LogP contribution in [0.25, 0.3) is 21.7 Å². The minimum Gasteiger partial charge on any atom is -0.491 e. The summed E-state index contributed by atoms with van der Waals surface area (Å²) >= 11 is 0. The van der Waals surface area contributed by atoms with E-state index in [0.717, 1.165) is 40.3 Å². The molecule has 40 heavy (non-hydrogen) atoms. The third-order valence-corrected chi connectivity index (χ3v) is 6.61. The molecule has 0 saturated carbocycles. The molecule has 0 unspecified atom stereocenters. The Morgan fingerprint density at radius 3 is 2.58 bits per heavy atom. The van der Waals surface area contributed by atoms with Crippen LogP contribution in [0.3, 0.4) is 0 Å². The third kappa shape index (κ3) is 7.44. The van der Waals surface area contributed by atoms with Gasteiger partial charge in [-0.3, -0.25) is 14.6 Å². The second kappa shape index (κ2) is 13.4. The number of nitriles is 1. The summed E-state index contributed by atoms with van der Waals surface area (Å²) in [4.78, 5) is 32.9. The summed E-state index contributed by atoms with van der Waals surface area (Å²) in [5, 5.41) is 11.6. The Morgan fingerprint density at radius 1 is 1.05 bits per heavy atom. The van der Waals surface area contributed by atoms with Gasteiger partial charge < -0.3 is 20.1 Å². The van der Waals surface area contributed by atoms with Crippen molar-refractivity contribution in [2.24, 2.45) is 11.7 Å². The van der Waals surface area contributed by atoms with Crippen molar-refractivity contribution in [2.45, 2.75) is 39.2 Å². The highest BCUT2D eigenvalue weighted by Gasteiger charge is 2.23. The van der Waals surface area contributed by atoms with Crippen LogP contribution >= 0.6 is 0 Å². The van der Waals surface area contributed by atoms with Crippen LogP contribution in [0.2, 0.25) is 0 Å². The van der Waals surface area contributed by atoms with Crippen molar-refractivity contribution in [2.75, 3.05) is 19.7 Å². The number of primary amides is 1. The highest BCUT2D eigenvalue weighted by atomic mass is 16.5. The fourth-order valence-electron chi connectivity index (χ4n) is 4.54. The largest absolute Gasteiger partial charge is 0.491 e. The first-order valence-corrected chi connectivity index (χ1v) is 13.3. The van der Waals surface area contributed by atoms with E-state index in [-0.39, 0.29) is 18.4 Å². The molecule has 5 rings (SSSR count). The van der Waals surface area contributed by atoms with Gasteiger partial charge in [-0.1, -0.05) is 12.1 Å². The molecule has 9 nitrogen and oxygen atoms in total. The lowest BCUT2D eigenvalue weighted by Crippen LogP contribution is -2.39. The van der Waals surface area contributed by atoms with E-state index in [1.54, 1.807) is 35.5 Å². The average molecular weight is 540 g/mol. The lowest BCUT2D eigenvalue weighted by Gasteiger charge is -2.31. The fraction of sp³-hybridized carbons (Fsp3) is 0.323. The Morgan fingerprint density at radius 2 is 1.85 bits per heavy atom. The van der Waals surface area contributed by atoms with Crippen LogP contribution in [0, 0.1) is 17.2 Å². The van der Waals surface area contributed by atoms with Crippen molar-refractivity contribution in [1.29, 1.82) is 5.26 Å². The summed E-state index contributed by atoms with van der Waals surface area (Å²) < 4.78 is 11.8. The molecule has 4 aromatic rings. The van der Waals surface area contributed by atoms with Crippen molar-refractivity contribution in [3.63, 3.8) is 0 Å². The molecule has 0 bridgehead atoms. The first-order valence-electron chi connectivity index (χ1n) is 13.3. The second-order valence-electron chi connectivity index (χ2n) is 9.91. The number of pyridine rings is 2. The topological polar surface area (TPSA) is 131 Å². The third-order valence-electron chi connectivity index (χ3n) is 6.61. The van der Waals surface area contributed by atoms with Gasteiger partial charge in [0.2, 0.25) is 17.7 Å². The van der Waals surface area contributed by atoms with Gasteiger partial charge in [0, 0.05) is 41.8 Å². The van der Waals surface area contributed by atoms with E-state index < -0.39 is 5.91 Å². The summed E-state index contributed by atoms with van der Waals surface area (Å²) in [5.41, 5.74) is 6.53. The first kappa shape index (κ1) is 28.3. The van der Waals surface area contributed by atoms with Crippen LogP contribution in [-0.2, 0) is 4.79 Å². The summed E-state index contributed by atoms with van der Waals surface area (Å²) in [5.74, 6) is 1.31. The highest BCUT2D eigenvalue weighted by Crippen LogP contribution is 2.29. The summed E-state index contributed by atoms with van der Waals surface area (Å²) in [6.07, 6.45) is 5.29. The maximum absolute atomic E-state index is 11.8. The van der Waals surface area contributed by atoms with Gasteiger partial charge in [-0.05, 0) is 80.5 Å². The number of hydrogen-bond acceptors (Lipinski definition) is 7. The number of likely N-dealkylation sites (tertiary alicyclic amines) is 1. The minimum absolute atomic E-state index is 0.0398. The van der Waals surface area contributed by atoms with E-state index in [0.29, 0.717) is 37.1 Å². The molecular weight excluding hydrogens is 506 g/mol. The quantitative estimate of drug-likeness (QED) is 0.354. The second-order valence-corrected chi connectivity index (χ2v) is 9.91. The number of aromatic nitrogens is 2. The maximum atomic E-state index is 11.8. The fourth-order valence-corrected chi connectivity index (χ4v) is 4.54. The molecule has 9 heteroatoms. The molecule has 0 radical (unpaired) electrons. The van der Waals surface area contributed by atoms with Gasteiger partial charge in [0.15, 0.2) is 0 Å². The Kier molecular flexibility index (Phi) is 9.47. The molecule has 1 saturated heterocycles. The van der Waals surface area contributed by atoms with Crippen molar-refractivity contribution >= 4 is 33.5 Å². The molecule has 0 aliphatic carbocycles. The highest BCUT2D eigenvalue weighted by molar-refractivity contribution is 5.96. The van der Waals surface area contributed by atoms with Gasteiger partial charge in [-0.15, -0.1) is 0 Å². The van der Waals surface area contributed by atoms with E-state index in [1.807, 2.05) is 56.3 Å². The maximum Gasteiger partial charge on any atom is 0.248 e. The van der Waals surface area contributed by atoms with Gasteiger partial charge in [0.05, 0.1) is 24.3 Å². The molecule has 2 N–H and O–H groups in total. The molecule has 3 heterocycles. The zero-order chi connectivity index (χ0) is 28.5. The molecule has 0 spiro atoms. The monoisotopic (exact) mass is 539 g/mol. The van der Waals surface area contributed by atoms with Crippen LogP contribution in [0.4, 0.5) is 0 Å². The van der Waals surface area contributed by atoms with Crippen molar-refractivity contribution in [3.8, 4) is 17.7 Å². The smallest absolute Gasteiger partial charge is 0.248 e. The number of amides is 2. The van der Waals surface area contributed by atoms with Gasteiger partial charge in [0.1, 0.15) is 12.2 Å². The van der Waals surface area contributed by atoms with Gasteiger partial charge >= 0.3 is 0 Å². The SMILES string of the molecule is CC(C)Oc1ccc2ccnc(OCC3CCN(C(=O)CC#N)CC3)c2c1.NC(=O)c1ccc2ncccc2c1.